The second-order valence-electron chi connectivity index (χ2n) is 7.75. The molecule has 7 heteroatoms. The van der Waals surface area contributed by atoms with Crippen molar-refractivity contribution in [1.82, 2.24) is 9.80 Å². The van der Waals surface area contributed by atoms with Gasteiger partial charge in [-0.1, -0.05) is 30.0 Å². The zero-order valence-corrected chi connectivity index (χ0v) is 19.1. The summed E-state index contributed by atoms with van der Waals surface area (Å²) in [4.78, 5) is 9.63. The first-order chi connectivity index (χ1) is 15.1. The zero-order chi connectivity index (χ0) is 22.1. The minimum Gasteiger partial charge on any atom is -0.493 e. The molecule has 0 aromatic heterocycles. The highest BCUT2D eigenvalue weighted by atomic mass is 32.2. The number of aliphatic imine (C=N–C) groups is 1. The number of rotatable bonds is 8. The summed E-state index contributed by atoms with van der Waals surface area (Å²) in [6.45, 7) is 3.69. The Kier molecular flexibility index (Phi) is 9.15. The monoisotopic (exact) mass is 447 g/mol. The van der Waals surface area contributed by atoms with Gasteiger partial charge in [-0.15, -0.1) is 0 Å². The van der Waals surface area contributed by atoms with Crippen LogP contribution in [-0.2, 0) is 0 Å². The predicted octanol–water partition coefficient (Wildman–Crippen LogP) is 5.57. The van der Waals surface area contributed by atoms with Crippen LogP contribution in [0.2, 0.25) is 0 Å². The Bertz CT molecular complexity index is 842. The Morgan fingerprint density at radius 2 is 1.84 bits per heavy atom. The number of ether oxygens (including phenoxy) is 1. The summed E-state index contributed by atoms with van der Waals surface area (Å²) in [5, 5.41) is 1.05. The van der Waals surface area contributed by atoms with E-state index in [4.69, 9.17) is 9.73 Å². The van der Waals surface area contributed by atoms with E-state index in [0.717, 1.165) is 68.3 Å². The minimum absolute atomic E-state index is 0.379. The van der Waals surface area contributed by atoms with E-state index in [-0.39, 0.29) is 0 Å². The lowest BCUT2D eigenvalue weighted by Gasteiger charge is -2.37. The maximum absolute atomic E-state index is 13.2. The molecule has 3 rings (SSSR count). The SMILES string of the molecule is CSC(=Nc1ccccc1)N(C)C1CCN(CCCCOc2ccc(F)c(F)c2)CC1. The average Bonchev–Trinajstić information content (AvgIpc) is 2.80. The van der Waals surface area contributed by atoms with E-state index in [2.05, 4.69) is 23.1 Å². The number of unbranched alkanes of at least 4 members (excludes halogenated alkanes) is 1. The lowest BCUT2D eigenvalue weighted by Crippen LogP contribution is -2.45. The molecule has 0 bridgehead atoms. The van der Waals surface area contributed by atoms with Crippen LogP contribution in [0, 0.1) is 11.6 Å². The molecule has 0 unspecified atom stereocenters. The fraction of sp³-hybridized carbons (Fsp3) is 0.458. The molecule has 1 heterocycles. The van der Waals surface area contributed by atoms with Gasteiger partial charge in [0.2, 0.25) is 0 Å². The van der Waals surface area contributed by atoms with E-state index < -0.39 is 11.6 Å². The summed E-state index contributed by atoms with van der Waals surface area (Å²) >= 11 is 1.69. The van der Waals surface area contributed by atoms with Crippen LogP contribution in [0.5, 0.6) is 5.75 Å². The largest absolute Gasteiger partial charge is 0.493 e. The summed E-state index contributed by atoms with van der Waals surface area (Å²) in [5.74, 6) is -1.34. The third-order valence-corrected chi connectivity index (χ3v) is 6.34. The van der Waals surface area contributed by atoms with Crippen molar-refractivity contribution >= 4 is 22.6 Å². The van der Waals surface area contributed by atoms with Gasteiger partial charge in [0.15, 0.2) is 16.8 Å². The molecule has 4 nitrogen and oxygen atoms in total. The molecule has 168 valence electrons. The molecule has 31 heavy (non-hydrogen) atoms. The van der Waals surface area contributed by atoms with Gasteiger partial charge in [0, 0.05) is 32.2 Å². The van der Waals surface area contributed by atoms with Crippen molar-refractivity contribution in [3.8, 4) is 5.75 Å². The first-order valence-corrected chi connectivity index (χ1v) is 12.0. The van der Waals surface area contributed by atoms with Crippen molar-refractivity contribution in [3.63, 3.8) is 0 Å². The summed E-state index contributed by atoms with van der Waals surface area (Å²) in [6.07, 6.45) is 6.23. The third kappa shape index (κ3) is 7.21. The van der Waals surface area contributed by atoms with E-state index >= 15 is 0 Å². The van der Waals surface area contributed by atoms with Gasteiger partial charge in [-0.25, -0.2) is 13.8 Å². The number of nitrogens with zero attached hydrogens (tertiary/aromatic N) is 3. The summed E-state index contributed by atoms with van der Waals surface area (Å²) in [6, 6.07) is 14.3. The van der Waals surface area contributed by atoms with Gasteiger partial charge in [0.25, 0.3) is 0 Å². The molecule has 0 radical (unpaired) electrons. The molecule has 0 N–H and O–H groups in total. The van der Waals surface area contributed by atoms with E-state index in [1.54, 1.807) is 11.8 Å². The summed E-state index contributed by atoms with van der Waals surface area (Å²) in [7, 11) is 2.15. The number of hydrogen-bond donors (Lipinski definition) is 0. The fourth-order valence-electron chi connectivity index (χ4n) is 3.76. The van der Waals surface area contributed by atoms with Crippen molar-refractivity contribution in [2.24, 2.45) is 4.99 Å². The third-order valence-electron chi connectivity index (χ3n) is 5.60. The zero-order valence-electron chi connectivity index (χ0n) is 18.3. The van der Waals surface area contributed by atoms with Crippen LogP contribution in [0.25, 0.3) is 0 Å². The van der Waals surface area contributed by atoms with Crippen molar-refractivity contribution in [2.75, 3.05) is 39.5 Å². The molecule has 0 aliphatic carbocycles. The second-order valence-corrected chi connectivity index (χ2v) is 8.52. The van der Waals surface area contributed by atoms with Gasteiger partial charge in [-0.3, -0.25) is 0 Å². The lowest BCUT2D eigenvalue weighted by atomic mass is 10.0. The van der Waals surface area contributed by atoms with Crippen LogP contribution in [0.4, 0.5) is 14.5 Å². The fourth-order valence-corrected chi connectivity index (χ4v) is 4.40. The molecule has 1 saturated heterocycles. The van der Waals surface area contributed by atoms with Gasteiger partial charge in [0.1, 0.15) is 5.75 Å². The topological polar surface area (TPSA) is 28.1 Å². The number of amidine groups is 1. The van der Waals surface area contributed by atoms with E-state index in [1.165, 1.54) is 6.07 Å². The van der Waals surface area contributed by atoms with Crippen LogP contribution >= 0.6 is 11.8 Å². The molecule has 2 aromatic rings. The number of benzene rings is 2. The van der Waals surface area contributed by atoms with Gasteiger partial charge in [-0.05, 0) is 62.7 Å². The van der Waals surface area contributed by atoms with Crippen molar-refractivity contribution < 1.29 is 13.5 Å². The summed E-state index contributed by atoms with van der Waals surface area (Å²) in [5.41, 5.74) is 0.988. The molecule has 1 aliphatic rings. The van der Waals surface area contributed by atoms with Crippen molar-refractivity contribution in [1.29, 1.82) is 0 Å². The van der Waals surface area contributed by atoms with Crippen LogP contribution in [0.15, 0.2) is 53.5 Å². The Balaban J connectivity index is 1.36. The van der Waals surface area contributed by atoms with Gasteiger partial charge < -0.3 is 14.5 Å². The van der Waals surface area contributed by atoms with Crippen molar-refractivity contribution in [2.45, 2.75) is 31.7 Å². The number of hydrogen-bond acceptors (Lipinski definition) is 4. The number of thioether (sulfide) groups is 1. The smallest absolute Gasteiger partial charge is 0.164 e. The predicted molar refractivity (Wildman–Crippen MR) is 125 cm³/mol. The van der Waals surface area contributed by atoms with E-state index in [9.17, 15) is 8.78 Å². The number of halogens is 2. The van der Waals surface area contributed by atoms with Crippen LogP contribution in [0.1, 0.15) is 25.7 Å². The van der Waals surface area contributed by atoms with E-state index in [0.29, 0.717) is 18.4 Å². The highest BCUT2D eigenvalue weighted by Gasteiger charge is 2.24. The molecule has 2 aromatic carbocycles. The Labute approximate surface area is 188 Å². The molecular weight excluding hydrogens is 416 g/mol. The first kappa shape index (κ1) is 23.5. The molecule has 1 fully saturated rings. The quantitative estimate of drug-likeness (QED) is 0.300. The summed E-state index contributed by atoms with van der Waals surface area (Å²) < 4.78 is 31.7. The Morgan fingerprint density at radius 3 is 2.52 bits per heavy atom. The number of piperidine rings is 1. The maximum Gasteiger partial charge on any atom is 0.164 e. The van der Waals surface area contributed by atoms with Crippen LogP contribution < -0.4 is 4.74 Å². The van der Waals surface area contributed by atoms with E-state index in [1.807, 2.05) is 30.3 Å². The number of likely N-dealkylation sites (tertiary alicyclic amines) is 1. The van der Waals surface area contributed by atoms with Crippen LogP contribution in [0.3, 0.4) is 0 Å². The normalized spacial score (nSPS) is 15.8. The highest BCUT2D eigenvalue weighted by Crippen LogP contribution is 2.22. The molecule has 0 amide bonds. The molecule has 0 saturated carbocycles. The number of para-hydroxylation sites is 1. The van der Waals surface area contributed by atoms with Gasteiger partial charge in [-0.2, -0.15) is 0 Å². The van der Waals surface area contributed by atoms with Crippen molar-refractivity contribution in [3.05, 3.63) is 60.2 Å². The van der Waals surface area contributed by atoms with Crippen LogP contribution in [-0.4, -0.2) is 60.6 Å². The lowest BCUT2D eigenvalue weighted by molar-refractivity contribution is 0.162. The Morgan fingerprint density at radius 1 is 1.10 bits per heavy atom. The van der Waals surface area contributed by atoms with Gasteiger partial charge >= 0.3 is 0 Å². The Hall–Kier alpha value is -2.12. The second kappa shape index (κ2) is 12.1. The molecule has 0 atom stereocenters. The maximum atomic E-state index is 13.2. The molecule has 1 aliphatic heterocycles. The average molecular weight is 448 g/mol. The molecular formula is C24H31F2N3OS. The minimum atomic E-state index is -0.871. The standard InChI is InChI=1S/C24H31F2N3OS/c1-28(24(31-2)27-19-8-4-3-5-9-19)20-12-15-29(16-13-20)14-6-7-17-30-21-10-11-22(25)23(26)18-21/h3-5,8-11,18,20H,6-7,12-17H2,1-2H3. The molecule has 0 spiro atoms. The van der Waals surface area contributed by atoms with Gasteiger partial charge in [0.05, 0.1) is 12.3 Å². The highest BCUT2D eigenvalue weighted by molar-refractivity contribution is 8.13. The first-order valence-electron chi connectivity index (χ1n) is 10.8.